The van der Waals surface area contributed by atoms with Gasteiger partial charge in [0, 0.05) is 25.4 Å². The topological polar surface area (TPSA) is 69.8 Å². The zero-order chi connectivity index (χ0) is 19.8. The number of nitrogens with two attached hydrogens (primary N) is 1. The number of aliphatic hydroxyl groups excluding tert-OH is 1. The normalized spacial score (nSPS) is 15.5. The molecule has 0 atom stereocenters. The largest absolute Gasteiger partial charge is 0.396 e. The van der Waals surface area contributed by atoms with E-state index in [0.717, 1.165) is 43.2 Å². The molecule has 0 aromatic heterocycles. The van der Waals surface area contributed by atoms with Gasteiger partial charge in [-0.15, -0.1) is 0 Å². The van der Waals surface area contributed by atoms with Gasteiger partial charge in [-0.3, -0.25) is 9.80 Å². The van der Waals surface area contributed by atoms with Gasteiger partial charge < -0.3 is 10.8 Å². The molecule has 3 N–H and O–H groups in total. The molecule has 150 valence electrons. The molecule has 1 saturated heterocycles. The Kier molecular flexibility index (Phi) is 7.46. The molecule has 1 aliphatic heterocycles. The summed E-state index contributed by atoms with van der Waals surface area (Å²) in [6.45, 7) is 3.43. The molecule has 2 aromatic rings. The van der Waals surface area contributed by atoms with Crippen molar-refractivity contribution >= 4 is 11.7 Å². The van der Waals surface area contributed by atoms with Crippen molar-refractivity contribution in [1.82, 2.24) is 4.90 Å². The van der Waals surface area contributed by atoms with E-state index in [-0.39, 0.29) is 6.61 Å². The lowest BCUT2D eigenvalue weighted by molar-refractivity contribution is 0.177. The number of urea groups is 1. The number of aliphatic hydroxyl groups is 1. The van der Waals surface area contributed by atoms with Crippen LogP contribution in [0.15, 0.2) is 54.6 Å². The molecule has 0 bridgehead atoms. The van der Waals surface area contributed by atoms with Crippen LogP contribution in [0.2, 0.25) is 0 Å². The standard InChI is InChI=1S/C23H31N3O2/c24-23(28)26(13-6-16-27)22-10-5-4-9-21(22)18-25-14-11-20(12-15-25)17-19-7-2-1-3-8-19/h1-5,7-10,20,27H,6,11-18H2,(H2,24,28). The molecular weight excluding hydrogens is 350 g/mol. The highest BCUT2D eigenvalue weighted by Crippen LogP contribution is 2.26. The lowest BCUT2D eigenvalue weighted by Gasteiger charge is -2.33. The average molecular weight is 382 g/mol. The van der Waals surface area contributed by atoms with E-state index in [1.807, 2.05) is 18.2 Å². The van der Waals surface area contributed by atoms with Crippen molar-refractivity contribution in [2.24, 2.45) is 11.7 Å². The Balaban J connectivity index is 1.59. The number of amides is 2. The summed E-state index contributed by atoms with van der Waals surface area (Å²) < 4.78 is 0. The molecule has 0 radical (unpaired) electrons. The number of rotatable bonds is 8. The maximum Gasteiger partial charge on any atom is 0.319 e. The summed E-state index contributed by atoms with van der Waals surface area (Å²) in [7, 11) is 0. The molecule has 5 nitrogen and oxygen atoms in total. The highest BCUT2D eigenvalue weighted by Gasteiger charge is 2.22. The molecule has 0 saturated carbocycles. The van der Waals surface area contributed by atoms with Crippen LogP contribution in [0.4, 0.5) is 10.5 Å². The van der Waals surface area contributed by atoms with Gasteiger partial charge in [0.25, 0.3) is 0 Å². The van der Waals surface area contributed by atoms with E-state index >= 15 is 0 Å². The number of likely N-dealkylation sites (tertiary alicyclic amines) is 1. The number of anilines is 1. The predicted molar refractivity (Wildman–Crippen MR) is 113 cm³/mol. The Morgan fingerprint density at radius 1 is 1.07 bits per heavy atom. The van der Waals surface area contributed by atoms with Gasteiger partial charge in [-0.05, 0) is 61.9 Å². The number of nitrogens with zero attached hydrogens (tertiary/aromatic N) is 2. The number of carbonyl (C=O) groups excluding carboxylic acids is 1. The monoisotopic (exact) mass is 381 g/mol. The number of benzene rings is 2. The third kappa shape index (κ3) is 5.57. The third-order valence-electron chi connectivity index (χ3n) is 5.56. The summed E-state index contributed by atoms with van der Waals surface area (Å²) in [6, 6.07) is 18.2. The van der Waals surface area contributed by atoms with Crippen LogP contribution in [0.3, 0.4) is 0 Å². The molecule has 0 aliphatic carbocycles. The Hall–Kier alpha value is -2.37. The van der Waals surface area contributed by atoms with Crippen molar-refractivity contribution in [2.75, 3.05) is 31.1 Å². The maximum absolute atomic E-state index is 11.9. The molecule has 2 amide bonds. The molecule has 5 heteroatoms. The lowest BCUT2D eigenvalue weighted by atomic mass is 9.90. The van der Waals surface area contributed by atoms with Gasteiger partial charge >= 0.3 is 6.03 Å². The highest BCUT2D eigenvalue weighted by atomic mass is 16.3. The van der Waals surface area contributed by atoms with E-state index in [2.05, 4.69) is 41.3 Å². The Morgan fingerprint density at radius 3 is 2.43 bits per heavy atom. The van der Waals surface area contributed by atoms with Gasteiger partial charge in [-0.1, -0.05) is 48.5 Å². The average Bonchev–Trinajstić information content (AvgIpc) is 2.71. The summed E-state index contributed by atoms with van der Waals surface area (Å²) in [5.41, 5.74) is 8.99. The number of para-hydroxylation sites is 1. The van der Waals surface area contributed by atoms with Crippen molar-refractivity contribution in [3.8, 4) is 0 Å². The van der Waals surface area contributed by atoms with E-state index in [9.17, 15) is 4.79 Å². The first-order valence-electron chi connectivity index (χ1n) is 10.2. The molecule has 0 spiro atoms. The second kappa shape index (κ2) is 10.2. The minimum atomic E-state index is -0.470. The summed E-state index contributed by atoms with van der Waals surface area (Å²) in [6.07, 6.45) is 4.06. The van der Waals surface area contributed by atoms with Crippen molar-refractivity contribution < 1.29 is 9.90 Å². The van der Waals surface area contributed by atoms with Crippen LogP contribution >= 0.6 is 0 Å². The van der Waals surface area contributed by atoms with Crippen LogP contribution in [0.5, 0.6) is 0 Å². The fraction of sp³-hybridized carbons (Fsp3) is 0.435. The van der Waals surface area contributed by atoms with Gasteiger partial charge in [-0.25, -0.2) is 4.79 Å². The summed E-state index contributed by atoms with van der Waals surface area (Å²) in [4.78, 5) is 16.0. The van der Waals surface area contributed by atoms with Gasteiger partial charge in [-0.2, -0.15) is 0 Å². The maximum atomic E-state index is 11.9. The number of piperidine rings is 1. The molecule has 3 rings (SSSR count). The van der Waals surface area contributed by atoms with Crippen molar-refractivity contribution in [3.05, 3.63) is 65.7 Å². The van der Waals surface area contributed by atoms with Gasteiger partial charge in [0.05, 0.1) is 0 Å². The Labute approximate surface area is 167 Å². The smallest absolute Gasteiger partial charge is 0.319 e. The SMILES string of the molecule is NC(=O)N(CCCO)c1ccccc1CN1CCC(Cc2ccccc2)CC1. The molecule has 1 fully saturated rings. The van der Waals surface area contributed by atoms with E-state index in [1.54, 1.807) is 4.90 Å². The minimum Gasteiger partial charge on any atom is -0.396 e. The molecule has 1 aliphatic rings. The van der Waals surface area contributed by atoms with Crippen LogP contribution < -0.4 is 10.6 Å². The zero-order valence-electron chi connectivity index (χ0n) is 16.5. The van der Waals surface area contributed by atoms with Crippen LogP contribution in [0.1, 0.15) is 30.4 Å². The van der Waals surface area contributed by atoms with Crippen LogP contribution in [0.25, 0.3) is 0 Å². The van der Waals surface area contributed by atoms with Crippen LogP contribution in [-0.4, -0.2) is 42.3 Å². The fourth-order valence-corrected chi connectivity index (χ4v) is 4.02. The van der Waals surface area contributed by atoms with Crippen LogP contribution in [0, 0.1) is 5.92 Å². The number of hydrogen-bond acceptors (Lipinski definition) is 3. The van der Waals surface area contributed by atoms with Gasteiger partial charge in [0.2, 0.25) is 0 Å². The summed E-state index contributed by atoms with van der Waals surface area (Å²) in [5.74, 6) is 0.737. The molecule has 2 aromatic carbocycles. The first-order valence-corrected chi connectivity index (χ1v) is 10.2. The molecular formula is C23H31N3O2. The van der Waals surface area contributed by atoms with E-state index in [0.29, 0.717) is 13.0 Å². The predicted octanol–water partition coefficient (Wildman–Crippen LogP) is 3.41. The minimum absolute atomic E-state index is 0.0425. The van der Waals surface area contributed by atoms with Crippen LogP contribution in [-0.2, 0) is 13.0 Å². The number of hydrogen-bond donors (Lipinski definition) is 2. The highest BCUT2D eigenvalue weighted by molar-refractivity contribution is 5.91. The van der Waals surface area contributed by atoms with Crippen molar-refractivity contribution in [1.29, 1.82) is 0 Å². The first-order chi connectivity index (χ1) is 13.7. The first kappa shape index (κ1) is 20.4. The lowest BCUT2D eigenvalue weighted by Crippen LogP contribution is -2.38. The van der Waals surface area contributed by atoms with Gasteiger partial charge in [0.1, 0.15) is 0 Å². The van der Waals surface area contributed by atoms with E-state index in [1.165, 1.54) is 18.4 Å². The second-order valence-corrected chi connectivity index (χ2v) is 7.60. The number of carbonyl (C=O) groups is 1. The van der Waals surface area contributed by atoms with Crippen molar-refractivity contribution in [3.63, 3.8) is 0 Å². The van der Waals surface area contributed by atoms with Gasteiger partial charge in [0.15, 0.2) is 0 Å². The molecule has 1 heterocycles. The molecule has 0 unspecified atom stereocenters. The number of primary amides is 1. The fourth-order valence-electron chi connectivity index (χ4n) is 4.02. The van der Waals surface area contributed by atoms with E-state index in [4.69, 9.17) is 10.8 Å². The third-order valence-corrected chi connectivity index (χ3v) is 5.56. The quantitative estimate of drug-likeness (QED) is 0.736. The van der Waals surface area contributed by atoms with E-state index < -0.39 is 6.03 Å². The van der Waals surface area contributed by atoms with Crippen molar-refractivity contribution in [2.45, 2.75) is 32.2 Å². The Bertz CT molecular complexity index is 743. The zero-order valence-corrected chi connectivity index (χ0v) is 16.5. The summed E-state index contributed by atoms with van der Waals surface area (Å²) in [5, 5.41) is 9.12. The Morgan fingerprint density at radius 2 is 1.75 bits per heavy atom. The molecule has 28 heavy (non-hydrogen) atoms. The second-order valence-electron chi connectivity index (χ2n) is 7.60. The summed E-state index contributed by atoms with van der Waals surface area (Å²) >= 11 is 0.